The minimum Gasteiger partial charge on any atom is -0.467 e. The van der Waals surface area contributed by atoms with Gasteiger partial charge in [-0.15, -0.1) is 0 Å². The van der Waals surface area contributed by atoms with Crippen LogP contribution in [0.1, 0.15) is 11.3 Å². The fourth-order valence-electron chi connectivity index (χ4n) is 1.68. The molecule has 0 aliphatic heterocycles. The van der Waals surface area contributed by atoms with E-state index in [4.69, 9.17) is 10.2 Å². The van der Waals surface area contributed by atoms with Crippen LogP contribution >= 0.6 is 0 Å². The Morgan fingerprint density at radius 2 is 2.00 bits per heavy atom. The fraction of sp³-hybridized carbons (Fsp3) is 0.214. The molecule has 1 aromatic carbocycles. The summed E-state index contributed by atoms with van der Waals surface area (Å²) in [6.07, 6.45) is 2.11. The molecule has 2 rings (SSSR count). The van der Waals surface area contributed by atoms with E-state index in [2.05, 4.69) is 5.32 Å². The molecule has 4 nitrogen and oxygen atoms in total. The van der Waals surface area contributed by atoms with E-state index in [1.165, 1.54) is 0 Å². The van der Waals surface area contributed by atoms with E-state index in [9.17, 15) is 4.79 Å². The van der Waals surface area contributed by atoms with Crippen molar-refractivity contribution in [3.8, 4) is 0 Å². The minimum atomic E-state index is -0.539. The number of amides is 1. The van der Waals surface area contributed by atoms with Gasteiger partial charge in [-0.2, -0.15) is 0 Å². The van der Waals surface area contributed by atoms with Crippen molar-refractivity contribution in [3.05, 3.63) is 60.1 Å². The SMILES string of the molecule is N[C@@H](Cc1ccccc1)C(=O)NCc1ccco1. The Labute approximate surface area is 106 Å². The number of benzene rings is 1. The van der Waals surface area contributed by atoms with E-state index in [0.717, 1.165) is 11.3 Å². The molecule has 1 atom stereocenters. The third-order valence-electron chi connectivity index (χ3n) is 2.65. The Hall–Kier alpha value is -2.07. The van der Waals surface area contributed by atoms with Gasteiger partial charge < -0.3 is 15.5 Å². The van der Waals surface area contributed by atoms with Gasteiger partial charge in [0.15, 0.2) is 0 Å². The summed E-state index contributed by atoms with van der Waals surface area (Å²) in [5, 5.41) is 2.75. The number of hydrogen-bond acceptors (Lipinski definition) is 3. The van der Waals surface area contributed by atoms with Gasteiger partial charge in [0.05, 0.1) is 18.8 Å². The predicted octanol–water partition coefficient (Wildman–Crippen LogP) is 1.47. The highest BCUT2D eigenvalue weighted by atomic mass is 16.3. The van der Waals surface area contributed by atoms with Crippen molar-refractivity contribution in [2.45, 2.75) is 19.0 Å². The normalized spacial score (nSPS) is 12.1. The summed E-state index contributed by atoms with van der Waals surface area (Å²) in [4.78, 5) is 11.8. The van der Waals surface area contributed by atoms with Crippen LogP contribution in [0, 0.1) is 0 Å². The molecule has 0 saturated carbocycles. The molecule has 94 valence electrons. The van der Waals surface area contributed by atoms with Crippen LogP contribution in [0.4, 0.5) is 0 Å². The highest BCUT2D eigenvalue weighted by Gasteiger charge is 2.13. The van der Waals surface area contributed by atoms with Gasteiger partial charge >= 0.3 is 0 Å². The van der Waals surface area contributed by atoms with Crippen LogP contribution in [-0.2, 0) is 17.8 Å². The van der Waals surface area contributed by atoms with Gasteiger partial charge in [0.1, 0.15) is 5.76 Å². The van der Waals surface area contributed by atoms with Crippen molar-refractivity contribution in [1.29, 1.82) is 0 Å². The Morgan fingerprint density at radius 3 is 2.67 bits per heavy atom. The molecule has 2 aromatic rings. The quantitative estimate of drug-likeness (QED) is 0.836. The first-order chi connectivity index (χ1) is 8.75. The van der Waals surface area contributed by atoms with Crippen LogP contribution in [0.15, 0.2) is 53.1 Å². The average molecular weight is 244 g/mol. The summed E-state index contributed by atoms with van der Waals surface area (Å²) in [7, 11) is 0. The molecule has 1 amide bonds. The van der Waals surface area contributed by atoms with Gasteiger partial charge in [0.2, 0.25) is 5.91 Å². The predicted molar refractivity (Wildman–Crippen MR) is 68.7 cm³/mol. The summed E-state index contributed by atoms with van der Waals surface area (Å²) in [5.41, 5.74) is 6.90. The molecule has 0 fully saturated rings. The maximum absolute atomic E-state index is 11.8. The molecule has 1 aromatic heterocycles. The largest absolute Gasteiger partial charge is 0.467 e. The molecule has 0 spiro atoms. The zero-order chi connectivity index (χ0) is 12.8. The van der Waals surface area contributed by atoms with Crippen molar-refractivity contribution >= 4 is 5.91 Å². The van der Waals surface area contributed by atoms with E-state index in [1.54, 1.807) is 12.3 Å². The second kappa shape index (κ2) is 6.02. The summed E-state index contributed by atoms with van der Waals surface area (Å²) in [6, 6.07) is 12.8. The monoisotopic (exact) mass is 244 g/mol. The molecule has 0 aliphatic rings. The highest BCUT2D eigenvalue weighted by molar-refractivity contribution is 5.81. The molecule has 4 heteroatoms. The topological polar surface area (TPSA) is 68.3 Å². The second-order valence-corrected chi connectivity index (χ2v) is 4.09. The van der Waals surface area contributed by atoms with Crippen LogP contribution in [0.25, 0.3) is 0 Å². The Bertz CT molecular complexity index is 480. The summed E-state index contributed by atoms with van der Waals surface area (Å²) < 4.78 is 5.13. The van der Waals surface area contributed by atoms with Crippen molar-refractivity contribution < 1.29 is 9.21 Å². The van der Waals surface area contributed by atoms with E-state index in [-0.39, 0.29) is 5.91 Å². The van der Waals surface area contributed by atoms with Gasteiger partial charge in [0, 0.05) is 0 Å². The molecule has 0 saturated heterocycles. The lowest BCUT2D eigenvalue weighted by Crippen LogP contribution is -2.41. The summed E-state index contributed by atoms with van der Waals surface area (Å²) >= 11 is 0. The number of carbonyl (C=O) groups is 1. The Morgan fingerprint density at radius 1 is 1.22 bits per heavy atom. The number of hydrogen-bond donors (Lipinski definition) is 2. The van der Waals surface area contributed by atoms with Gasteiger partial charge in [-0.1, -0.05) is 30.3 Å². The average Bonchev–Trinajstić information content (AvgIpc) is 2.90. The lowest BCUT2D eigenvalue weighted by molar-refractivity contribution is -0.122. The zero-order valence-electron chi connectivity index (χ0n) is 10.0. The van der Waals surface area contributed by atoms with Crippen molar-refractivity contribution in [1.82, 2.24) is 5.32 Å². The standard InChI is InChI=1S/C14H16N2O2/c15-13(9-11-5-2-1-3-6-11)14(17)16-10-12-7-4-8-18-12/h1-8,13H,9-10,15H2,(H,16,17)/t13-/m0/s1. The molecular formula is C14H16N2O2. The maximum atomic E-state index is 11.8. The lowest BCUT2D eigenvalue weighted by atomic mass is 10.1. The second-order valence-electron chi connectivity index (χ2n) is 4.09. The van der Waals surface area contributed by atoms with Gasteiger partial charge in [-0.05, 0) is 24.1 Å². The third kappa shape index (κ3) is 3.46. The number of furan rings is 1. The molecule has 0 radical (unpaired) electrons. The van der Waals surface area contributed by atoms with E-state index in [1.807, 2.05) is 36.4 Å². The zero-order valence-corrected chi connectivity index (χ0v) is 10.0. The molecule has 0 aliphatic carbocycles. The van der Waals surface area contributed by atoms with Crippen LogP contribution in [0.2, 0.25) is 0 Å². The molecule has 18 heavy (non-hydrogen) atoms. The fourth-order valence-corrected chi connectivity index (χ4v) is 1.68. The van der Waals surface area contributed by atoms with Crippen LogP contribution in [-0.4, -0.2) is 11.9 Å². The molecule has 0 unspecified atom stereocenters. The van der Waals surface area contributed by atoms with Gasteiger partial charge in [-0.25, -0.2) is 0 Å². The first-order valence-electron chi connectivity index (χ1n) is 5.85. The van der Waals surface area contributed by atoms with Crippen LogP contribution in [0.5, 0.6) is 0 Å². The van der Waals surface area contributed by atoms with Crippen molar-refractivity contribution in [2.75, 3.05) is 0 Å². The lowest BCUT2D eigenvalue weighted by Gasteiger charge is -2.11. The number of nitrogens with one attached hydrogen (secondary N) is 1. The van der Waals surface area contributed by atoms with Gasteiger partial charge in [0.25, 0.3) is 0 Å². The van der Waals surface area contributed by atoms with E-state index in [0.29, 0.717) is 13.0 Å². The molecule has 1 heterocycles. The van der Waals surface area contributed by atoms with Crippen molar-refractivity contribution in [3.63, 3.8) is 0 Å². The molecule has 3 N–H and O–H groups in total. The maximum Gasteiger partial charge on any atom is 0.237 e. The van der Waals surface area contributed by atoms with Crippen LogP contribution < -0.4 is 11.1 Å². The van der Waals surface area contributed by atoms with E-state index < -0.39 is 6.04 Å². The third-order valence-corrected chi connectivity index (χ3v) is 2.65. The number of nitrogens with two attached hydrogens (primary N) is 1. The summed E-state index contributed by atoms with van der Waals surface area (Å²) in [5.74, 6) is 0.547. The van der Waals surface area contributed by atoms with Crippen LogP contribution in [0.3, 0.4) is 0 Å². The number of rotatable bonds is 5. The van der Waals surface area contributed by atoms with Crippen molar-refractivity contribution in [2.24, 2.45) is 5.73 Å². The number of carbonyl (C=O) groups excluding carboxylic acids is 1. The molecule has 0 bridgehead atoms. The Balaban J connectivity index is 1.82. The first kappa shape index (κ1) is 12.4. The summed E-state index contributed by atoms with van der Waals surface area (Å²) in [6.45, 7) is 0.369. The molecular weight excluding hydrogens is 228 g/mol. The minimum absolute atomic E-state index is 0.171. The van der Waals surface area contributed by atoms with E-state index >= 15 is 0 Å². The highest BCUT2D eigenvalue weighted by Crippen LogP contribution is 2.03. The smallest absolute Gasteiger partial charge is 0.237 e. The first-order valence-corrected chi connectivity index (χ1v) is 5.85. The van der Waals surface area contributed by atoms with Gasteiger partial charge in [-0.3, -0.25) is 4.79 Å². The Kier molecular flexibility index (Phi) is 4.15.